The van der Waals surface area contributed by atoms with Gasteiger partial charge in [-0.05, 0) is 38.0 Å². The van der Waals surface area contributed by atoms with Gasteiger partial charge in [0.05, 0.1) is 0 Å². The first-order chi connectivity index (χ1) is 12.5. The minimum atomic E-state index is -1.20. The van der Waals surface area contributed by atoms with Crippen LogP contribution in [0.15, 0.2) is 48.5 Å². The van der Waals surface area contributed by atoms with Crippen molar-refractivity contribution in [3.63, 3.8) is 0 Å². The largest absolute Gasteiger partial charge is 0.454 e. The fourth-order valence-electron chi connectivity index (χ4n) is 2.55. The fourth-order valence-corrected chi connectivity index (χ4v) is 2.55. The van der Waals surface area contributed by atoms with E-state index < -0.39 is 5.41 Å². The molecule has 2 amide bonds. The number of hydrogen-bond acceptors (Lipinski definition) is 4. The van der Waals surface area contributed by atoms with E-state index in [1.54, 1.807) is 32.0 Å². The fraction of sp³-hybridized carbons (Fsp3) is 0.300. The lowest BCUT2D eigenvalue weighted by molar-refractivity contribution is -0.138. The number of benzene rings is 2. The van der Waals surface area contributed by atoms with Crippen LogP contribution in [0.5, 0.6) is 11.5 Å². The van der Waals surface area contributed by atoms with Gasteiger partial charge >= 0.3 is 0 Å². The lowest BCUT2D eigenvalue weighted by Crippen LogP contribution is -2.45. The van der Waals surface area contributed by atoms with Crippen LogP contribution in [-0.2, 0) is 16.0 Å². The Bertz CT molecular complexity index is 803. The highest BCUT2D eigenvalue weighted by Crippen LogP contribution is 2.34. The van der Waals surface area contributed by atoms with E-state index in [0.717, 1.165) is 5.56 Å². The summed E-state index contributed by atoms with van der Waals surface area (Å²) in [6.07, 6.45) is 0.715. The third-order valence-corrected chi connectivity index (χ3v) is 4.31. The Balaban J connectivity index is 1.55. The molecule has 0 fully saturated rings. The molecule has 3 rings (SSSR count). The smallest absolute Gasteiger partial charge is 0.239 e. The van der Waals surface area contributed by atoms with Crippen LogP contribution < -0.4 is 20.1 Å². The Morgan fingerprint density at radius 2 is 1.73 bits per heavy atom. The van der Waals surface area contributed by atoms with E-state index >= 15 is 0 Å². The Hall–Kier alpha value is -3.02. The van der Waals surface area contributed by atoms with Crippen LogP contribution in [0.1, 0.15) is 19.4 Å². The predicted octanol–water partition coefficient (Wildman–Crippen LogP) is 2.74. The van der Waals surface area contributed by atoms with E-state index in [9.17, 15) is 9.59 Å². The molecule has 6 nitrogen and oxygen atoms in total. The summed E-state index contributed by atoms with van der Waals surface area (Å²) in [5.74, 6) is 0.522. The van der Waals surface area contributed by atoms with E-state index in [4.69, 9.17) is 9.47 Å². The van der Waals surface area contributed by atoms with E-state index in [2.05, 4.69) is 10.6 Å². The van der Waals surface area contributed by atoms with Gasteiger partial charge in [-0.25, -0.2) is 0 Å². The van der Waals surface area contributed by atoms with Gasteiger partial charge in [-0.1, -0.05) is 30.3 Å². The van der Waals surface area contributed by atoms with Crippen LogP contribution in [0.3, 0.4) is 0 Å². The summed E-state index contributed by atoms with van der Waals surface area (Å²) in [6, 6.07) is 15.0. The highest BCUT2D eigenvalue weighted by Gasteiger charge is 2.36. The van der Waals surface area contributed by atoms with Crippen molar-refractivity contribution in [1.82, 2.24) is 5.32 Å². The number of rotatable bonds is 6. The molecular formula is C20H22N2O4. The van der Waals surface area contributed by atoms with Crippen molar-refractivity contribution in [2.75, 3.05) is 18.7 Å². The molecule has 0 unspecified atom stereocenters. The quantitative estimate of drug-likeness (QED) is 0.782. The number of carbonyl (C=O) groups is 2. The summed E-state index contributed by atoms with van der Waals surface area (Å²) >= 11 is 0. The molecule has 6 heteroatoms. The second kappa shape index (κ2) is 7.47. The molecule has 1 aliphatic heterocycles. The minimum Gasteiger partial charge on any atom is -0.454 e. The average molecular weight is 354 g/mol. The Kier molecular flexibility index (Phi) is 5.11. The third kappa shape index (κ3) is 3.96. The molecule has 0 saturated heterocycles. The Morgan fingerprint density at radius 1 is 1.00 bits per heavy atom. The normalized spacial score (nSPS) is 12.5. The van der Waals surface area contributed by atoms with Gasteiger partial charge in [-0.3, -0.25) is 9.59 Å². The maximum Gasteiger partial charge on any atom is 0.239 e. The molecule has 136 valence electrons. The van der Waals surface area contributed by atoms with Crippen molar-refractivity contribution in [3.05, 3.63) is 54.1 Å². The molecule has 1 heterocycles. The standard InChI is InChI=1S/C20H22N2O4/c1-20(2,18(23)21-11-10-14-6-4-3-5-7-14)19(24)22-15-8-9-16-17(12-15)26-13-25-16/h3-9,12H,10-11,13H2,1-2H3,(H,21,23)(H,22,24). The van der Waals surface area contributed by atoms with Gasteiger partial charge in [0.2, 0.25) is 18.6 Å². The van der Waals surface area contributed by atoms with Crippen molar-refractivity contribution in [3.8, 4) is 11.5 Å². The summed E-state index contributed by atoms with van der Waals surface area (Å²) in [4.78, 5) is 25.0. The van der Waals surface area contributed by atoms with Crippen molar-refractivity contribution in [1.29, 1.82) is 0 Å². The van der Waals surface area contributed by atoms with Crippen LogP contribution in [0.25, 0.3) is 0 Å². The Morgan fingerprint density at radius 3 is 2.50 bits per heavy atom. The number of fused-ring (bicyclic) bond motifs is 1. The van der Waals surface area contributed by atoms with Gasteiger partial charge in [0, 0.05) is 18.3 Å². The zero-order valence-corrected chi connectivity index (χ0v) is 14.9. The van der Waals surface area contributed by atoms with Gasteiger partial charge in [0.25, 0.3) is 0 Å². The topological polar surface area (TPSA) is 76.7 Å². The van der Waals surface area contributed by atoms with Gasteiger partial charge in [0.15, 0.2) is 11.5 Å². The molecule has 0 atom stereocenters. The molecule has 0 bridgehead atoms. The van der Waals surface area contributed by atoms with Crippen LogP contribution in [0.4, 0.5) is 5.69 Å². The number of hydrogen-bond donors (Lipinski definition) is 2. The molecule has 0 spiro atoms. The highest BCUT2D eigenvalue weighted by molar-refractivity contribution is 6.09. The lowest BCUT2D eigenvalue weighted by Gasteiger charge is -2.22. The molecule has 26 heavy (non-hydrogen) atoms. The van der Waals surface area contributed by atoms with E-state index in [0.29, 0.717) is 30.2 Å². The second-order valence-electron chi connectivity index (χ2n) is 6.64. The van der Waals surface area contributed by atoms with Gasteiger partial charge in [-0.2, -0.15) is 0 Å². The second-order valence-corrected chi connectivity index (χ2v) is 6.64. The van der Waals surface area contributed by atoms with Crippen molar-refractivity contribution in [2.45, 2.75) is 20.3 Å². The summed E-state index contributed by atoms with van der Waals surface area (Å²) in [7, 11) is 0. The minimum absolute atomic E-state index is 0.169. The van der Waals surface area contributed by atoms with Gasteiger partial charge in [0.1, 0.15) is 5.41 Å². The maximum absolute atomic E-state index is 12.6. The first kappa shape index (κ1) is 17.8. The number of nitrogens with one attached hydrogen (secondary N) is 2. The Labute approximate surface area is 152 Å². The molecule has 0 aromatic heterocycles. The first-order valence-corrected chi connectivity index (χ1v) is 8.50. The number of ether oxygens (including phenoxy) is 2. The van der Waals surface area contributed by atoms with Gasteiger partial charge < -0.3 is 20.1 Å². The summed E-state index contributed by atoms with van der Waals surface area (Å²) in [6.45, 7) is 3.85. The van der Waals surface area contributed by atoms with Crippen LogP contribution >= 0.6 is 0 Å². The summed E-state index contributed by atoms with van der Waals surface area (Å²) in [5.41, 5.74) is 0.493. The van der Waals surface area contributed by atoms with Crippen molar-refractivity contribution >= 4 is 17.5 Å². The van der Waals surface area contributed by atoms with Crippen LogP contribution in [0.2, 0.25) is 0 Å². The lowest BCUT2D eigenvalue weighted by atomic mass is 9.90. The highest BCUT2D eigenvalue weighted by atomic mass is 16.7. The van der Waals surface area contributed by atoms with Gasteiger partial charge in [-0.15, -0.1) is 0 Å². The zero-order valence-electron chi connectivity index (χ0n) is 14.9. The SMILES string of the molecule is CC(C)(C(=O)NCCc1ccccc1)C(=O)Nc1ccc2c(c1)OCO2. The summed E-state index contributed by atoms with van der Waals surface area (Å²) in [5, 5.41) is 5.60. The molecule has 0 saturated carbocycles. The maximum atomic E-state index is 12.6. The predicted molar refractivity (Wildman–Crippen MR) is 98.1 cm³/mol. The third-order valence-electron chi connectivity index (χ3n) is 4.31. The monoisotopic (exact) mass is 354 g/mol. The molecule has 0 aliphatic carbocycles. The van der Waals surface area contributed by atoms with Crippen LogP contribution in [0, 0.1) is 5.41 Å². The molecule has 1 aliphatic rings. The van der Waals surface area contributed by atoms with Crippen LogP contribution in [-0.4, -0.2) is 25.2 Å². The van der Waals surface area contributed by atoms with E-state index in [-0.39, 0.29) is 18.6 Å². The average Bonchev–Trinajstić information content (AvgIpc) is 3.10. The molecule has 0 radical (unpaired) electrons. The van der Waals surface area contributed by atoms with Crippen molar-refractivity contribution < 1.29 is 19.1 Å². The molecular weight excluding hydrogens is 332 g/mol. The first-order valence-electron chi connectivity index (χ1n) is 8.50. The van der Waals surface area contributed by atoms with Crippen molar-refractivity contribution in [2.24, 2.45) is 5.41 Å². The molecule has 2 N–H and O–H groups in total. The number of amides is 2. The molecule has 2 aromatic carbocycles. The number of carbonyl (C=O) groups excluding carboxylic acids is 2. The van der Waals surface area contributed by atoms with E-state index in [1.807, 2.05) is 30.3 Å². The zero-order chi connectivity index (χ0) is 18.6. The van der Waals surface area contributed by atoms with E-state index in [1.165, 1.54) is 0 Å². The number of anilines is 1. The summed E-state index contributed by atoms with van der Waals surface area (Å²) < 4.78 is 10.5. The molecule has 2 aromatic rings.